The monoisotopic (exact) mass is 414 g/mol. The van der Waals surface area contributed by atoms with Crippen molar-refractivity contribution in [2.45, 2.75) is 52.1 Å². The second kappa shape index (κ2) is 12.0. The molecule has 162 valence electrons. The minimum absolute atomic E-state index is 0.0194. The Labute approximate surface area is 178 Å². The van der Waals surface area contributed by atoms with Gasteiger partial charge in [-0.1, -0.05) is 56.3 Å². The molecule has 0 heterocycles. The number of amides is 2. The zero-order valence-electron chi connectivity index (χ0n) is 17.9. The van der Waals surface area contributed by atoms with Gasteiger partial charge in [0.25, 0.3) is 5.91 Å². The summed E-state index contributed by atoms with van der Waals surface area (Å²) >= 11 is 0. The van der Waals surface area contributed by atoms with Crippen LogP contribution in [0.25, 0.3) is 0 Å². The highest BCUT2D eigenvalue weighted by Gasteiger charge is 2.29. The van der Waals surface area contributed by atoms with Gasteiger partial charge in [-0.3, -0.25) is 9.59 Å². The summed E-state index contributed by atoms with van der Waals surface area (Å²) in [6, 6.07) is 15.1. The second-order valence-electron chi connectivity index (χ2n) is 7.28. The van der Waals surface area contributed by atoms with E-state index < -0.39 is 11.9 Å². The van der Waals surface area contributed by atoms with E-state index in [1.165, 1.54) is 12.1 Å². The van der Waals surface area contributed by atoms with Gasteiger partial charge in [0.05, 0.1) is 0 Å². The molecule has 0 aliphatic carbocycles. The van der Waals surface area contributed by atoms with Crippen LogP contribution < -0.4 is 10.1 Å². The summed E-state index contributed by atoms with van der Waals surface area (Å²) in [5.74, 6) is -1.03. The Bertz CT molecular complexity index is 813. The summed E-state index contributed by atoms with van der Waals surface area (Å²) in [7, 11) is 0. The fourth-order valence-electron chi connectivity index (χ4n) is 3.12. The van der Waals surface area contributed by atoms with Crippen LogP contribution in [0.3, 0.4) is 0 Å². The van der Waals surface area contributed by atoms with E-state index >= 15 is 0 Å². The van der Waals surface area contributed by atoms with Crippen LogP contribution in [-0.4, -0.2) is 41.9 Å². The van der Waals surface area contributed by atoms with Crippen molar-refractivity contribution in [3.8, 4) is 5.75 Å². The number of carbonyl (C=O) groups excluding carboxylic acids is 2. The van der Waals surface area contributed by atoms with E-state index in [0.29, 0.717) is 19.4 Å². The molecular formula is C24H31FN2O3. The molecule has 0 saturated heterocycles. The molecule has 2 atom stereocenters. The van der Waals surface area contributed by atoms with Crippen molar-refractivity contribution >= 4 is 11.8 Å². The number of para-hydroxylation sites is 1. The van der Waals surface area contributed by atoms with Crippen LogP contribution in [-0.2, 0) is 16.0 Å². The molecule has 0 aromatic heterocycles. The van der Waals surface area contributed by atoms with Gasteiger partial charge in [0, 0.05) is 12.6 Å². The lowest BCUT2D eigenvalue weighted by molar-refractivity contribution is -0.142. The molecule has 0 fully saturated rings. The van der Waals surface area contributed by atoms with Gasteiger partial charge in [0.1, 0.15) is 6.04 Å². The number of nitrogens with zero attached hydrogens (tertiary/aromatic N) is 1. The Balaban J connectivity index is 2.14. The molecule has 6 heteroatoms. The molecule has 2 amide bonds. The molecule has 2 aromatic rings. The Hall–Kier alpha value is -2.89. The zero-order valence-corrected chi connectivity index (χ0v) is 17.9. The summed E-state index contributed by atoms with van der Waals surface area (Å²) < 4.78 is 19.2. The third-order valence-electron chi connectivity index (χ3n) is 5.06. The van der Waals surface area contributed by atoms with Crippen LogP contribution in [0.1, 0.15) is 39.2 Å². The van der Waals surface area contributed by atoms with E-state index in [2.05, 4.69) is 5.32 Å². The molecule has 2 aromatic carbocycles. The first kappa shape index (κ1) is 23.4. The Morgan fingerprint density at radius 2 is 1.70 bits per heavy atom. The summed E-state index contributed by atoms with van der Waals surface area (Å²) in [6.45, 7) is 5.84. The molecule has 1 N–H and O–H groups in total. The lowest BCUT2D eigenvalue weighted by atomic mass is 10.1. The number of hydrogen-bond donors (Lipinski definition) is 1. The minimum Gasteiger partial charge on any atom is -0.481 e. The van der Waals surface area contributed by atoms with Gasteiger partial charge in [-0.05, 0) is 43.9 Å². The maximum Gasteiger partial charge on any atom is 0.261 e. The van der Waals surface area contributed by atoms with Crippen molar-refractivity contribution < 1.29 is 18.7 Å². The molecular weight excluding hydrogens is 383 g/mol. The fourth-order valence-corrected chi connectivity index (χ4v) is 3.12. The average Bonchev–Trinajstić information content (AvgIpc) is 2.76. The fraction of sp³-hybridized carbons (Fsp3) is 0.417. The van der Waals surface area contributed by atoms with Gasteiger partial charge in [0.15, 0.2) is 18.2 Å². The zero-order chi connectivity index (χ0) is 21.9. The van der Waals surface area contributed by atoms with Crippen molar-refractivity contribution in [3.63, 3.8) is 0 Å². The molecule has 30 heavy (non-hydrogen) atoms. The van der Waals surface area contributed by atoms with Gasteiger partial charge in [-0.15, -0.1) is 0 Å². The van der Waals surface area contributed by atoms with E-state index in [4.69, 9.17) is 4.74 Å². The largest absolute Gasteiger partial charge is 0.481 e. The molecule has 5 nitrogen and oxygen atoms in total. The van der Waals surface area contributed by atoms with Gasteiger partial charge < -0.3 is 15.0 Å². The third-order valence-corrected chi connectivity index (χ3v) is 5.06. The molecule has 0 radical (unpaired) electrons. The van der Waals surface area contributed by atoms with Crippen molar-refractivity contribution in [1.82, 2.24) is 10.2 Å². The highest BCUT2D eigenvalue weighted by atomic mass is 19.1. The lowest BCUT2D eigenvalue weighted by Gasteiger charge is -2.31. The predicted octanol–water partition coefficient (Wildman–Crippen LogP) is 3.97. The molecule has 0 aliphatic heterocycles. The Morgan fingerprint density at radius 3 is 2.33 bits per heavy atom. The average molecular weight is 415 g/mol. The maximum atomic E-state index is 13.8. The SMILES string of the molecule is CCC(C)NC(=O)C(CC)N(CCc1ccccc1)C(=O)COc1ccccc1F. The van der Waals surface area contributed by atoms with Gasteiger partial charge in [-0.25, -0.2) is 4.39 Å². The number of nitrogens with one attached hydrogen (secondary N) is 1. The third kappa shape index (κ3) is 6.87. The van der Waals surface area contributed by atoms with Crippen LogP contribution in [0.4, 0.5) is 4.39 Å². The number of rotatable bonds is 11. The standard InChI is InChI=1S/C24H31FN2O3/c1-4-18(3)26-24(29)21(5-2)27(16-15-19-11-7-6-8-12-19)23(28)17-30-22-14-10-9-13-20(22)25/h6-14,18,21H,4-5,15-17H2,1-3H3,(H,26,29). The summed E-state index contributed by atoms with van der Waals surface area (Å²) in [5.41, 5.74) is 1.07. The second-order valence-corrected chi connectivity index (χ2v) is 7.28. The topological polar surface area (TPSA) is 58.6 Å². The summed E-state index contributed by atoms with van der Waals surface area (Å²) in [5, 5.41) is 2.96. The highest BCUT2D eigenvalue weighted by molar-refractivity contribution is 5.88. The molecule has 0 spiro atoms. The summed E-state index contributed by atoms with van der Waals surface area (Å²) in [4.78, 5) is 27.4. The molecule has 0 bridgehead atoms. The molecule has 0 saturated carbocycles. The molecule has 2 rings (SSSR count). The van der Waals surface area contributed by atoms with E-state index in [-0.39, 0.29) is 30.2 Å². The van der Waals surface area contributed by atoms with Gasteiger partial charge in [-0.2, -0.15) is 0 Å². The Kier molecular flexibility index (Phi) is 9.32. The smallest absolute Gasteiger partial charge is 0.261 e. The molecule has 0 aliphatic rings. The van der Waals surface area contributed by atoms with Gasteiger partial charge in [0.2, 0.25) is 5.91 Å². The maximum absolute atomic E-state index is 13.8. The quantitative estimate of drug-likeness (QED) is 0.605. The minimum atomic E-state index is -0.612. The van der Waals surface area contributed by atoms with Crippen LogP contribution in [0.15, 0.2) is 54.6 Å². The molecule has 2 unspecified atom stereocenters. The number of carbonyl (C=O) groups is 2. The Morgan fingerprint density at radius 1 is 1.03 bits per heavy atom. The number of hydrogen-bond acceptors (Lipinski definition) is 3. The van der Waals surface area contributed by atoms with Crippen molar-refractivity contribution in [3.05, 3.63) is 66.0 Å². The van der Waals surface area contributed by atoms with Crippen molar-refractivity contribution in [1.29, 1.82) is 0 Å². The van der Waals surface area contributed by atoms with E-state index in [1.807, 2.05) is 51.1 Å². The number of ether oxygens (including phenoxy) is 1. The van der Waals surface area contributed by atoms with E-state index in [1.54, 1.807) is 17.0 Å². The van der Waals surface area contributed by atoms with Crippen LogP contribution >= 0.6 is 0 Å². The lowest BCUT2D eigenvalue weighted by Crippen LogP contribution is -2.52. The van der Waals surface area contributed by atoms with Crippen LogP contribution in [0.2, 0.25) is 0 Å². The summed E-state index contributed by atoms with van der Waals surface area (Å²) in [6.07, 6.45) is 1.89. The van der Waals surface area contributed by atoms with Gasteiger partial charge >= 0.3 is 0 Å². The van der Waals surface area contributed by atoms with Crippen LogP contribution in [0, 0.1) is 5.82 Å². The normalized spacial score (nSPS) is 12.7. The highest BCUT2D eigenvalue weighted by Crippen LogP contribution is 2.16. The first-order chi connectivity index (χ1) is 14.5. The number of benzene rings is 2. The number of halogens is 1. The van der Waals surface area contributed by atoms with Crippen molar-refractivity contribution in [2.75, 3.05) is 13.2 Å². The van der Waals surface area contributed by atoms with E-state index in [0.717, 1.165) is 12.0 Å². The predicted molar refractivity (Wildman–Crippen MR) is 116 cm³/mol. The first-order valence-corrected chi connectivity index (χ1v) is 10.5. The van der Waals surface area contributed by atoms with Crippen LogP contribution in [0.5, 0.6) is 5.75 Å². The van der Waals surface area contributed by atoms with Crippen molar-refractivity contribution in [2.24, 2.45) is 0 Å². The first-order valence-electron chi connectivity index (χ1n) is 10.5. The van der Waals surface area contributed by atoms with E-state index in [9.17, 15) is 14.0 Å².